The summed E-state index contributed by atoms with van der Waals surface area (Å²) in [6, 6.07) is 25.1. The molecule has 246 valence electrons. The first-order valence-corrected chi connectivity index (χ1v) is 17.1. The van der Waals surface area contributed by atoms with Gasteiger partial charge >= 0.3 is 0 Å². The lowest BCUT2D eigenvalue weighted by atomic mass is 9.88. The van der Waals surface area contributed by atoms with Crippen LogP contribution in [0.4, 0.5) is 5.69 Å². The lowest BCUT2D eigenvalue weighted by Crippen LogP contribution is -2.26. The number of methoxy groups -OCH3 is 2. The van der Waals surface area contributed by atoms with Crippen molar-refractivity contribution >= 4 is 29.7 Å². The summed E-state index contributed by atoms with van der Waals surface area (Å²) in [6.07, 6.45) is 8.44. The van der Waals surface area contributed by atoms with Crippen LogP contribution in [0, 0.1) is 12.8 Å². The van der Waals surface area contributed by atoms with Crippen molar-refractivity contribution in [3.05, 3.63) is 101 Å². The molecule has 1 unspecified atom stereocenters. The quantitative estimate of drug-likeness (QED) is 0.120. The highest BCUT2D eigenvalue weighted by atomic mass is 32.2. The minimum atomic E-state index is 0.135. The highest BCUT2D eigenvalue weighted by molar-refractivity contribution is 7.97. The van der Waals surface area contributed by atoms with Crippen LogP contribution in [0.3, 0.4) is 0 Å². The molecule has 8 heteroatoms. The summed E-state index contributed by atoms with van der Waals surface area (Å²) in [4.78, 5) is 5.58. The second kappa shape index (κ2) is 18.3. The Labute approximate surface area is 280 Å². The fraction of sp³-hybridized carbons (Fsp3) is 0.395. The molecule has 0 spiro atoms. The van der Waals surface area contributed by atoms with Crippen LogP contribution >= 0.6 is 11.9 Å². The molecule has 3 aromatic rings. The Morgan fingerprint density at radius 1 is 1.02 bits per heavy atom. The second-order valence-electron chi connectivity index (χ2n) is 12.1. The number of hydrogen-bond donors (Lipinski definition) is 3. The van der Waals surface area contributed by atoms with Crippen molar-refractivity contribution in [1.29, 1.82) is 0 Å². The molecule has 1 saturated carbocycles. The Kier molecular flexibility index (Phi) is 13.9. The normalized spacial score (nSPS) is 15.3. The van der Waals surface area contributed by atoms with Gasteiger partial charge in [-0.05, 0) is 117 Å². The van der Waals surface area contributed by atoms with Gasteiger partial charge in [0.05, 0.1) is 32.3 Å². The average Bonchev–Trinajstić information content (AvgIpc) is 3.02. The molecule has 0 saturated heterocycles. The van der Waals surface area contributed by atoms with E-state index in [4.69, 9.17) is 9.47 Å². The van der Waals surface area contributed by atoms with E-state index in [2.05, 4.69) is 101 Å². The third kappa shape index (κ3) is 11.2. The third-order valence-electron chi connectivity index (χ3n) is 7.69. The molecule has 46 heavy (non-hydrogen) atoms. The molecule has 1 aliphatic heterocycles. The molecule has 1 atom stereocenters. The lowest BCUT2D eigenvalue weighted by molar-refractivity contribution is 0.399. The molecule has 5 rings (SSSR count). The highest BCUT2D eigenvalue weighted by Gasteiger charge is 2.18. The first-order valence-electron chi connectivity index (χ1n) is 16.3. The van der Waals surface area contributed by atoms with Crippen molar-refractivity contribution in [3.63, 3.8) is 0 Å². The van der Waals surface area contributed by atoms with E-state index in [1.54, 1.807) is 20.6 Å². The van der Waals surface area contributed by atoms with E-state index in [1.165, 1.54) is 33.7 Å². The molecule has 1 heterocycles. The van der Waals surface area contributed by atoms with Gasteiger partial charge in [-0.1, -0.05) is 49.7 Å². The molecule has 3 aromatic carbocycles. The molecule has 0 amide bonds. The van der Waals surface area contributed by atoms with Crippen molar-refractivity contribution in [2.24, 2.45) is 10.9 Å². The number of nitrogens with one attached hydrogen (secondary N) is 3. The number of nitrogens with zero attached hydrogens (tertiary/aromatic N) is 2. The van der Waals surface area contributed by atoms with E-state index in [0.29, 0.717) is 5.92 Å². The molecule has 1 fully saturated rings. The second-order valence-corrected chi connectivity index (χ2v) is 13.3. The summed E-state index contributed by atoms with van der Waals surface area (Å²) in [5.41, 5.74) is 6.23. The molecular weight excluding hydrogens is 591 g/mol. The number of benzene rings is 3. The Balaban J connectivity index is 0.000000606. The van der Waals surface area contributed by atoms with E-state index >= 15 is 0 Å². The van der Waals surface area contributed by atoms with E-state index in [1.807, 2.05) is 42.3 Å². The zero-order valence-electron chi connectivity index (χ0n) is 28.3. The average molecular weight is 642 g/mol. The van der Waals surface area contributed by atoms with Crippen molar-refractivity contribution in [2.75, 3.05) is 39.2 Å². The molecule has 0 bridgehead atoms. The molecule has 1 aliphatic carbocycles. The number of ether oxygens (including phenoxy) is 2. The predicted octanol–water partition coefficient (Wildman–Crippen LogP) is 8.51. The van der Waals surface area contributed by atoms with Crippen LogP contribution in [0.25, 0.3) is 5.70 Å². The van der Waals surface area contributed by atoms with E-state index < -0.39 is 0 Å². The van der Waals surface area contributed by atoms with Crippen molar-refractivity contribution in [1.82, 2.24) is 14.9 Å². The Morgan fingerprint density at radius 2 is 1.78 bits per heavy atom. The largest absolute Gasteiger partial charge is 0.497 e. The minimum Gasteiger partial charge on any atom is -0.497 e. The third-order valence-corrected chi connectivity index (χ3v) is 8.77. The van der Waals surface area contributed by atoms with Gasteiger partial charge in [0.15, 0.2) is 0 Å². The first-order chi connectivity index (χ1) is 22.3. The molecule has 2 aliphatic rings. The van der Waals surface area contributed by atoms with Crippen molar-refractivity contribution < 1.29 is 9.47 Å². The maximum Gasteiger partial charge on any atom is 0.142 e. The molecular formula is C38H51N5O2S. The number of hydrogen-bond acceptors (Lipinski definition) is 8. The summed E-state index contributed by atoms with van der Waals surface area (Å²) in [7, 11) is 3.42. The van der Waals surface area contributed by atoms with E-state index in [9.17, 15) is 0 Å². The highest BCUT2D eigenvalue weighted by Crippen LogP contribution is 2.35. The fourth-order valence-electron chi connectivity index (χ4n) is 5.15. The lowest BCUT2D eigenvalue weighted by Gasteiger charge is -2.26. The summed E-state index contributed by atoms with van der Waals surface area (Å²) < 4.78 is 13.5. The molecule has 3 N–H and O–H groups in total. The van der Waals surface area contributed by atoms with Gasteiger partial charge in [-0.15, -0.1) is 0 Å². The monoisotopic (exact) mass is 641 g/mol. The zero-order chi connectivity index (χ0) is 32.7. The van der Waals surface area contributed by atoms with Crippen LogP contribution < -0.4 is 25.4 Å². The maximum absolute atomic E-state index is 5.67. The van der Waals surface area contributed by atoms with Crippen LogP contribution in [0.1, 0.15) is 57.6 Å². The van der Waals surface area contributed by atoms with Crippen LogP contribution in [-0.2, 0) is 0 Å². The number of aryl methyl sites for hydroxylation is 1. The summed E-state index contributed by atoms with van der Waals surface area (Å²) in [6.45, 7) is 11.7. The molecule has 0 radical (unpaired) electrons. The van der Waals surface area contributed by atoms with Gasteiger partial charge in [-0.25, -0.2) is 4.31 Å². The van der Waals surface area contributed by atoms with Crippen LogP contribution in [-0.4, -0.2) is 50.5 Å². The molecule has 0 aromatic heterocycles. The van der Waals surface area contributed by atoms with Gasteiger partial charge in [0.1, 0.15) is 17.3 Å². The van der Waals surface area contributed by atoms with Crippen molar-refractivity contribution in [2.45, 2.75) is 64.3 Å². The van der Waals surface area contributed by atoms with Crippen LogP contribution in [0.5, 0.6) is 11.5 Å². The van der Waals surface area contributed by atoms with Crippen LogP contribution in [0.15, 0.2) is 100 Å². The SMILES string of the molecule is COc1ccc(SN(CCCNC(=C2CCC2)c2ccc(OC)c(NC3=CC(C)N=CN3)c2)CC(C)C)cc1.Cc1ccccc1. The Hall–Kier alpha value is -3.88. The number of rotatable bonds is 14. The zero-order valence-corrected chi connectivity index (χ0v) is 29.1. The number of anilines is 1. The Morgan fingerprint density at radius 3 is 2.37 bits per heavy atom. The minimum absolute atomic E-state index is 0.135. The van der Waals surface area contributed by atoms with Gasteiger partial charge in [-0.3, -0.25) is 4.99 Å². The van der Waals surface area contributed by atoms with Gasteiger partial charge < -0.3 is 25.4 Å². The molecule has 7 nitrogen and oxygen atoms in total. The van der Waals surface area contributed by atoms with Crippen molar-refractivity contribution in [3.8, 4) is 11.5 Å². The Bertz CT molecular complexity index is 1450. The van der Waals surface area contributed by atoms with Gasteiger partial charge in [0, 0.05) is 30.2 Å². The first kappa shape index (κ1) is 35.0. The van der Waals surface area contributed by atoms with Gasteiger partial charge in [0.25, 0.3) is 0 Å². The number of aliphatic imine (C=N–C) groups is 1. The van der Waals surface area contributed by atoms with Crippen LogP contribution in [0.2, 0.25) is 0 Å². The predicted molar refractivity (Wildman–Crippen MR) is 196 cm³/mol. The van der Waals surface area contributed by atoms with E-state index in [0.717, 1.165) is 61.9 Å². The van der Waals surface area contributed by atoms with E-state index in [-0.39, 0.29) is 6.04 Å². The maximum atomic E-state index is 5.67. The summed E-state index contributed by atoms with van der Waals surface area (Å²) >= 11 is 1.83. The summed E-state index contributed by atoms with van der Waals surface area (Å²) in [5, 5.41) is 10.5. The standard InChI is InChI=1S/C31H43N5O2S.C7H8/c1-22(2)20-36(39-27-13-11-26(37-4)12-14-27)17-7-16-32-31(24-8-6-9-24)25-10-15-29(38-5)28(19-25)35-30-18-23(3)33-21-34-30;1-7-5-3-2-4-6-7/h10-15,18-19,21-23,32,35H,6-9,16-17,20H2,1-5H3,(H,33,34);2-6H,1H3. The van der Waals surface area contributed by atoms with Gasteiger partial charge in [-0.2, -0.15) is 0 Å². The summed E-state index contributed by atoms with van der Waals surface area (Å²) in [5.74, 6) is 3.22. The fourth-order valence-corrected chi connectivity index (χ4v) is 6.29. The van der Waals surface area contributed by atoms with Gasteiger partial charge in [0.2, 0.25) is 0 Å². The smallest absolute Gasteiger partial charge is 0.142 e. The topological polar surface area (TPSA) is 70.2 Å². The number of allylic oxidation sites excluding steroid dienone is 1.